The molecule has 0 aliphatic carbocycles. The normalized spacial score (nSPS) is 11.8. The summed E-state index contributed by atoms with van der Waals surface area (Å²) in [5, 5.41) is 0. The van der Waals surface area contributed by atoms with E-state index in [9.17, 15) is 8.42 Å². The summed E-state index contributed by atoms with van der Waals surface area (Å²) in [6.07, 6.45) is 4.05. The van der Waals surface area contributed by atoms with Gasteiger partial charge in [-0.2, -0.15) is 0 Å². The van der Waals surface area contributed by atoms with E-state index in [1.807, 2.05) is 12.1 Å². The first kappa shape index (κ1) is 15.5. The minimum atomic E-state index is -3.49. The largest absolute Gasteiger partial charge is 0.399 e. The molecule has 1 heterocycles. The van der Waals surface area contributed by atoms with Crippen LogP contribution in [0.15, 0.2) is 47.6 Å². The summed E-state index contributed by atoms with van der Waals surface area (Å²) in [5.74, 6) is 0. The van der Waals surface area contributed by atoms with Crippen molar-refractivity contribution in [2.45, 2.75) is 18.2 Å². The molecule has 0 amide bonds. The Morgan fingerprint density at radius 1 is 1.19 bits per heavy atom. The van der Waals surface area contributed by atoms with Gasteiger partial charge in [0.15, 0.2) is 0 Å². The molecule has 0 saturated heterocycles. The number of sulfonamides is 1. The van der Waals surface area contributed by atoms with Crippen molar-refractivity contribution >= 4 is 15.7 Å². The molecule has 0 aliphatic heterocycles. The zero-order valence-corrected chi connectivity index (χ0v) is 13.0. The lowest BCUT2D eigenvalue weighted by molar-refractivity contribution is 0.472. The topological polar surface area (TPSA) is 76.3 Å². The third kappa shape index (κ3) is 3.59. The van der Waals surface area contributed by atoms with E-state index >= 15 is 0 Å². The minimum absolute atomic E-state index is 0.270. The van der Waals surface area contributed by atoms with E-state index in [4.69, 9.17) is 5.73 Å². The summed E-state index contributed by atoms with van der Waals surface area (Å²) in [6, 6.07) is 8.54. The summed E-state index contributed by atoms with van der Waals surface area (Å²) < 4.78 is 26.3. The maximum Gasteiger partial charge on any atom is 0.242 e. The van der Waals surface area contributed by atoms with Crippen LogP contribution in [0, 0.1) is 6.92 Å². The van der Waals surface area contributed by atoms with Crippen molar-refractivity contribution < 1.29 is 8.42 Å². The van der Waals surface area contributed by atoms with Gasteiger partial charge in [-0.1, -0.05) is 0 Å². The summed E-state index contributed by atoms with van der Waals surface area (Å²) in [6.45, 7) is 2.21. The molecule has 0 unspecified atom stereocenters. The minimum Gasteiger partial charge on any atom is -0.399 e. The number of aryl methyl sites for hydroxylation is 1. The van der Waals surface area contributed by atoms with Crippen molar-refractivity contribution in [3.8, 4) is 0 Å². The Kier molecular flexibility index (Phi) is 4.59. The SMILES string of the molecule is Cc1cc(S(=O)(=O)N(C)CCc2ccncc2)ccc1N. The highest BCUT2D eigenvalue weighted by Crippen LogP contribution is 2.19. The van der Waals surface area contributed by atoms with E-state index in [1.54, 1.807) is 44.6 Å². The van der Waals surface area contributed by atoms with Crippen molar-refractivity contribution in [2.24, 2.45) is 0 Å². The molecule has 2 aromatic rings. The van der Waals surface area contributed by atoms with Crippen LogP contribution in [0.1, 0.15) is 11.1 Å². The van der Waals surface area contributed by atoms with Crippen molar-refractivity contribution in [1.29, 1.82) is 0 Å². The lowest BCUT2D eigenvalue weighted by atomic mass is 10.2. The van der Waals surface area contributed by atoms with Gasteiger partial charge in [0.25, 0.3) is 0 Å². The van der Waals surface area contributed by atoms with Gasteiger partial charge in [0.1, 0.15) is 0 Å². The summed E-state index contributed by atoms with van der Waals surface area (Å²) >= 11 is 0. The van der Waals surface area contributed by atoms with E-state index in [2.05, 4.69) is 4.98 Å². The molecular formula is C15H19N3O2S. The molecule has 1 aromatic heterocycles. The number of aromatic nitrogens is 1. The molecule has 0 aliphatic rings. The Hall–Kier alpha value is -1.92. The number of rotatable bonds is 5. The second-order valence-electron chi connectivity index (χ2n) is 4.95. The Labute approximate surface area is 125 Å². The van der Waals surface area contributed by atoms with Gasteiger partial charge in [-0.25, -0.2) is 12.7 Å². The lowest BCUT2D eigenvalue weighted by Crippen LogP contribution is -2.29. The Balaban J connectivity index is 2.13. The Morgan fingerprint density at radius 2 is 1.86 bits per heavy atom. The van der Waals surface area contributed by atoms with Crippen LogP contribution in [0.5, 0.6) is 0 Å². The fourth-order valence-electron chi connectivity index (χ4n) is 1.94. The zero-order chi connectivity index (χ0) is 15.5. The smallest absolute Gasteiger partial charge is 0.242 e. The molecule has 0 fully saturated rings. The first-order chi connectivity index (χ1) is 9.91. The van der Waals surface area contributed by atoms with Crippen LogP contribution in [0.2, 0.25) is 0 Å². The van der Waals surface area contributed by atoms with E-state index in [0.29, 0.717) is 18.7 Å². The predicted molar refractivity (Wildman–Crippen MR) is 83.3 cm³/mol. The average molecular weight is 305 g/mol. The molecule has 0 spiro atoms. The molecule has 2 rings (SSSR count). The Bertz CT molecular complexity index is 715. The van der Waals surface area contributed by atoms with Crippen molar-refractivity contribution in [3.63, 3.8) is 0 Å². The average Bonchev–Trinajstić information content (AvgIpc) is 2.48. The van der Waals surface area contributed by atoms with E-state index < -0.39 is 10.0 Å². The van der Waals surface area contributed by atoms with Crippen LogP contribution in [0.25, 0.3) is 0 Å². The van der Waals surface area contributed by atoms with Crippen LogP contribution >= 0.6 is 0 Å². The van der Waals surface area contributed by atoms with Gasteiger partial charge in [0.2, 0.25) is 10.0 Å². The molecular weight excluding hydrogens is 286 g/mol. The Morgan fingerprint density at radius 3 is 2.48 bits per heavy atom. The molecule has 21 heavy (non-hydrogen) atoms. The maximum absolute atomic E-state index is 12.5. The monoisotopic (exact) mass is 305 g/mol. The predicted octanol–water partition coefficient (Wildman–Crippen LogP) is 1.84. The first-order valence-corrected chi connectivity index (χ1v) is 8.06. The van der Waals surface area contributed by atoms with E-state index in [0.717, 1.165) is 11.1 Å². The highest BCUT2D eigenvalue weighted by molar-refractivity contribution is 7.89. The number of hydrogen-bond acceptors (Lipinski definition) is 4. The molecule has 2 N–H and O–H groups in total. The molecule has 1 aromatic carbocycles. The third-order valence-corrected chi connectivity index (χ3v) is 5.27. The lowest BCUT2D eigenvalue weighted by Gasteiger charge is -2.17. The summed E-state index contributed by atoms with van der Waals surface area (Å²) in [4.78, 5) is 4.21. The number of anilines is 1. The van der Waals surface area contributed by atoms with Crippen LogP contribution in [-0.4, -0.2) is 31.3 Å². The number of likely N-dealkylation sites (N-methyl/N-ethyl adjacent to an activating group) is 1. The van der Waals surface area contributed by atoms with Gasteiger partial charge in [0, 0.05) is 31.7 Å². The highest BCUT2D eigenvalue weighted by atomic mass is 32.2. The van der Waals surface area contributed by atoms with Gasteiger partial charge >= 0.3 is 0 Å². The second kappa shape index (κ2) is 6.24. The van der Waals surface area contributed by atoms with Gasteiger partial charge in [-0.3, -0.25) is 4.98 Å². The maximum atomic E-state index is 12.5. The van der Waals surface area contributed by atoms with Crippen LogP contribution in [-0.2, 0) is 16.4 Å². The molecule has 0 bridgehead atoms. The molecule has 6 heteroatoms. The van der Waals surface area contributed by atoms with Gasteiger partial charge in [-0.15, -0.1) is 0 Å². The second-order valence-corrected chi connectivity index (χ2v) is 7.00. The standard InChI is InChI=1S/C15H19N3O2S/c1-12-11-14(3-4-15(12)16)21(19,20)18(2)10-7-13-5-8-17-9-6-13/h3-6,8-9,11H,7,10,16H2,1-2H3. The van der Waals surface area contributed by atoms with Gasteiger partial charge in [-0.05, 0) is 54.8 Å². The van der Waals surface area contributed by atoms with Crippen LogP contribution < -0.4 is 5.73 Å². The molecule has 112 valence electrons. The van der Waals surface area contributed by atoms with E-state index in [-0.39, 0.29) is 4.90 Å². The third-order valence-electron chi connectivity index (χ3n) is 3.41. The van der Waals surface area contributed by atoms with Crippen molar-refractivity contribution in [1.82, 2.24) is 9.29 Å². The zero-order valence-electron chi connectivity index (χ0n) is 12.2. The van der Waals surface area contributed by atoms with E-state index in [1.165, 1.54) is 4.31 Å². The number of hydrogen-bond donors (Lipinski definition) is 1. The van der Waals surface area contributed by atoms with Crippen molar-refractivity contribution in [2.75, 3.05) is 19.3 Å². The van der Waals surface area contributed by atoms with Crippen LogP contribution in [0.3, 0.4) is 0 Å². The summed E-state index contributed by atoms with van der Waals surface area (Å²) in [5.41, 5.74) is 8.14. The van der Waals surface area contributed by atoms with Crippen LogP contribution in [0.4, 0.5) is 5.69 Å². The number of nitrogens with two attached hydrogens (primary N) is 1. The molecule has 5 nitrogen and oxygen atoms in total. The number of nitrogens with zero attached hydrogens (tertiary/aromatic N) is 2. The number of nitrogen functional groups attached to an aromatic ring is 1. The molecule has 0 radical (unpaired) electrons. The molecule has 0 saturated carbocycles. The van der Waals surface area contributed by atoms with Crippen molar-refractivity contribution in [3.05, 3.63) is 53.9 Å². The quantitative estimate of drug-likeness (QED) is 0.855. The number of benzene rings is 1. The summed E-state index contributed by atoms with van der Waals surface area (Å²) in [7, 11) is -1.90. The van der Waals surface area contributed by atoms with Gasteiger partial charge < -0.3 is 5.73 Å². The molecule has 0 atom stereocenters. The van der Waals surface area contributed by atoms with Gasteiger partial charge in [0.05, 0.1) is 4.90 Å². The highest BCUT2D eigenvalue weighted by Gasteiger charge is 2.20. The number of pyridine rings is 1. The fourth-order valence-corrected chi connectivity index (χ4v) is 3.20. The first-order valence-electron chi connectivity index (χ1n) is 6.62. The fraction of sp³-hybridized carbons (Fsp3) is 0.267.